The summed E-state index contributed by atoms with van der Waals surface area (Å²) < 4.78 is 0. The predicted molar refractivity (Wildman–Crippen MR) is 67.9 cm³/mol. The quantitative estimate of drug-likeness (QED) is 0.843. The molecule has 0 radical (unpaired) electrons. The number of carbonyl (C=O) groups excluding carboxylic acids is 1. The summed E-state index contributed by atoms with van der Waals surface area (Å²) >= 11 is 0. The Morgan fingerprint density at radius 1 is 1.38 bits per heavy atom. The van der Waals surface area contributed by atoms with E-state index in [1.54, 1.807) is 0 Å². The van der Waals surface area contributed by atoms with E-state index in [1.165, 1.54) is 0 Å². The average Bonchev–Trinajstić information content (AvgIpc) is 2.26. The van der Waals surface area contributed by atoms with Crippen molar-refractivity contribution in [2.24, 2.45) is 5.92 Å². The van der Waals surface area contributed by atoms with Gasteiger partial charge in [0.1, 0.15) is 0 Å². The Kier molecular flexibility index (Phi) is 4.35. The van der Waals surface area contributed by atoms with Gasteiger partial charge in [-0.05, 0) is 24.1 Å². The minimum atomic E-state index is -0.00241. The highest BCUT2D eigenvalue weighted by Crippen LogP contribution is 2.13. The van der Waals surface area contributed by atoms with E-state index in [9.17, 15) is 4.79 Å². The number of carbonyl (C=O) groups is 1. The molecular weight excluding hydrogens is 200 g/mol. The van der Waals surface area contributed by atoms with Crippen LogP contribution in [0.1, 0.15) is 24.2 Å². The minimum absolute atomic E-state index is 0.00241. The highest BCUT2D eigenvalue weighted by Gasteiger charge is 2.06. The Bertz CT molecular complexity index is 359. The highest BCUT2D eigenvalue weighted by molar-refractivity contribution is 5.95. The number of hydrogen-bond acceptors (Lipinski definition) is 2. The lowest BCUT2D eigenvalue weighted by Crippen LogP contribution is -2.27. The summed E-state index contributed by atoms with van der Waals surface area (Å²) in [6, 6.07) is 7.62. The zero-order valence-electron chi connectivity index (χ0n) is 10.4. The van der Waals surface area contributed by atoms with Gasteiger partial charge in [0, 0.05) is 31.9 Å². The Hall–Kier alpha value is -1.51. The summed E-state index contributed by atoms with van der Waals surface area (Å²) in [7, 11) is 3.93. The summed E-state index contributed by atoms with van der Waals surface area (Å²) in [6.45, 7) is 4.87. The molecule has 0 saturated heterocycles. The first-order chi connectivity index (χ1) is 7.50. The van der Waals surface area contributed by atoms with Crippen LogP contribution >= 0.6 is 0 Å². The van der Waals surface area contributed by atoms with E-state index in [0.717, 1.165) is 5.69 Å². The molecule has 0 aliphatic heterocycles. The number of hydrogen-bond donors (Lipinski definition) is 1. The number of anilines is 1. The lowest BCUT2D eigenvalue weighted by Gasteiger charge is -2.14. The smallest absolute Gasteiger partial charge is 0.251 e. The van der Waals surface area contributed by atoms with Crippen LogP contribution in [0.15, 0.2) is 24.3 Å². The third-order valence-electron chi connectivity index (χ3n) is 2.30. The maximum Gasteiger partial charge on any atom is 0.251 e. The number of amides is 1. The molecule has 88 valence electrons. The van der Waals surface area contributed by atoms with Crippen molar-refractivity contribution in [2.45, 2.75) is 13.8 Å². The molecule has 1 aromatic rings. The van der Waals surface area contributed by atoms with Crippen molar-refractivity contribution < 1.29 is 4.79 Å². The van der Waals surface area contributed by atoms with E-state index in [2.05, 4.69) is 19.2 Å². The van der Waals surface area contributed by atoms with Gasteiger partial charge in [0.25, 0.3) is 5.91 Å². The Morgan fingerprint density at radius 2 is 2.06 bits per heavy atom. The number of rotatable bonds is 4. The van der Waals surface area contributed by atoms with E-state index < -0.39 is 0 Å². The third kappa shape index (κ3) is 3.57. The lowest BCUT2D eigenvalue weighted by atomic mass is 10.1. The Morgan fingerprint density at radius 3 is 2.62 bits per heavy atom. The van der Waals surface area contributed by atoms with Crippen LogP contribution in [0.3, 0.4) is 0 Å². The van der Waals surface area contributed by atoms with Gasteiger partial charge in [-0.2, -0.15) is 0 Å². The molecule has 0 fully saturated rings. The molecule has 16 heavy (non-hydrogen) atoms. The molecule has 1 N–H and O–H groups in total. The van der Waals surface area contributed by atoms with Crippen LogP contribution in [0.4, 0.5) is 5.69 Å². The van der Waals surface area contributed by atoms with Crippen LogP contribution in [0, 0.1) is 5.92 Å². The molecule has 3 nitrogen and oxygen atoms in total. The maximum atomic E-state index is 11.8. The van der Waals surface area contributed by atoms with Crippen LogP contribution in [0.25, 0.3) is 0 Å². The average molecular weight is 220 g/mol. The van der Waals surface area contributed by atoms with Crippen molar-refractivity contribution in [3.8, 4) is 0 Å². The summed E-state index contributed by atoms with van der Waals surface area (Å²) in [4.78, 5) is 13.8. The normalized spacial score (nSPS) is 10.3. The van der Waals surface area contributed by atoms with Gasteiger partial charge < -0.3 is 10.2 Å². The van der Waals surface area contributed by atoms with Crippen molar-refractivity contribution in [2.75, 3.05) is 25.5 Å². The molecule has 0 atom stereocenters. The highest BCUT2D eigenvalue weighted by atomic mass is 16.1. The van der Waals surface area contributed by atoms with E-state index in [1.807, 2.05) is 43.3 Å². The molecule has 0 aliphatic rings. The topological polar surface area (TPSA) is 32.3 Å². The Labute approximate surface area is 97.5 Å². The lowest BCUT2D eigenvalue weighted by molar-refractivity contribution is 0.0949. The first kappa shape index (κ1) is 12.6. The molecule has 1 amide bonds. The summed E-state index contributed by atoms with van der Waals surface area (Å²) in [5, 5.41) is 2.91. The molecule has 0 unspecified atom stereocenters. The van der Waals surface area contributed by atoms with E-state index in [4.69, 9.17) is 0 Å². The number of nitrogens with one attached hydrogen (secondary N) is 1. The molecule has 0 aliphatic carbocycles. The fourth-order valence-corrected chi connectivity index (χ4v) is 1.32. The molecule has 0 aromatic heterocycles. The molecule has 1 rings (SSSR count). The maximum absolute atomic E-state index is 11.8. The molecule has 3 heteroatoms. The fourth-order valence-electron chi connectivity index (χ4n) is 1.32. The van der Waals surface area contributed by atoms with Gasteiger partial charge in [0.05, 0.1) is 0 Å². The van der Waals surface area contributed by atoms with Crippen molar-refractivity contribution in [3.63, 3.8) is 0 Å². The Balaban J connectivity index is 2.72. The minimum Gasteiger partial charge on any atom is -0.378 e. The second-order valence-corrected chi connectivity index (χ2v) is 4.55. The first-order valence-corrected chi connectivity index (χ1v) is 5.56. The summed E-state index contributed by atoms with van der Waals surface area (Å²) in [6.07, 6.45) is 0. The van der Waals surface area contributed by atoms with Gasteiger partial charge in [-0.15, -0.1) is 0 Å². The molecule has 0 spiro atoms. The first-order valence-electron chi connectivity index (χ1n) is 5.56. The molecular formula is C13H20N2O. The van der Waals surface area contributed by atoms with Gasteiger partial charge >= 0.3 is 0 Å². The van der Waals surface area contributed by atoms with Crippen molar-refractivity contribution in [3.05, 3.63) is 29.8 Å². The standard InChI is InChI=1S/C13H20N2O/c1-10(2)9-14-13(16)11-6-5-7-12(8-11)15(3)4/h5-8,10H,9H2,1-4H3,(H,14,16). The third-order valence-corrected chi connectivity index (χ3v) is 2.30. The molecule has 0 heterocycles. The van der Waals surface area contributed by atoms with Crippen LogP contribution < -0.4 is 10.2 Å². The van der Waals surface area contributed by atoms with Gasteiger partial charge in [-0.3, -0.25) is 4.79 Å². The molecule has 0 bridgehead atoms. The fraction of sp³-hybridized carbons (Fsp3) is 0.462. The molecule has 1 aromatic carbocycles. The monoisotopic (exact) mass is 220 g/mol. The van der Waals surface area contributed by atoms with Crippen molar-refractivity contribution >= 4 is 11.6 Å². The van der Waals surface area contributed by atoms with Crippen molar-refractivity contribution in [1.82, 2.24) is 5.32 Å². The van der Waals surface area contributed by atoms with E-state index >= 15 is 0 Å². The number of nitrogens with zero attached hydrogens (tertiary/aromatic N) is 1. The molecule has 0 saturated carbocycles. The second kappa shape index (κ2) is 5.54. The van der Waals surface area contributed by atoms with Crippen LogP contribution in [0.2, 0.25) is 0 Å². The predicted octanol–water partition coefficient (Wildman–Crippen LogP) is 2.14. The largest absolute Gasteiger partial charge is 0.378 e. The van der Waals surface area contributed by atoms with Crippen LogP contribution in [-0.4, -0.2) is 26.5 Å². The SMILES string of the molecule is CC(C)CNC(=O)c1cccc(N(C)C)c1. The zero-order valence-corrected chi connectivity index (χ0v) is 10.4. The summed E-state index contributed by atoms with van der Waals surface area (Å²) in [5.74, 6) is 0.471. The van der Waals surface area contributed by atoms with Gasteiger partial charge in [-0.1, -0.05) is 19.9 Å². The van der Waals surface area contributed by atoms with Crippen LogP contribution in [0.5, 0.6) is 0 Å². The number of benzene rings is 1. The van der Waals surface area contributed by atoms with E-state index in [-0.39, 0.29) is 5.91 Å². The van der Waals surface area contributed by atoms with Crippen LogP contribution in [-0.2, 0) is 0 Å². The van der Waals surface area contributed by atoms with Crippen molar-refractivity contribution in [1.29, 1.82) is 0 Å². The zero-order chi connectivity index (χ0) is 12.1. The van der Waals surface area contributed by atoms with Gasteiger partial charge in [0.2, 0.25) is 0 Å². The summed E-state index contributed by atoms with van der Waals surface area (Å²) in [5.41, 5.74) is 1.75. The van der Waals surface area contributed by atoms with E-state index in [0.29, 0.717) is 18.0 Å². The van der Waals surface area contributed by atoms with Gasteiger partial charge in [-0.25, -0.2) is 0 Å². The van der Waals surface area contributed by atoms with Gasteiger partial charge in [0.15, 0.2) is 0 Å². The second-order valence-electron chi connectivity index (χ2n) is 4.55.